The summed E-state index contributed by atoms with van der Waals surface area (Å²) < 4.78 is 0. The van der Waals surface area contributed by atoms with Gasteiger partial charge in [-0.15, -0.1) is 0 Å². The molecule has 3 rings (SSSR count). The van der Waals surface area contributed by atoms with Crippen LogP contribution in [0.4, 0.5) is 5.69 Å². The third-order valence-corrected chi connectivity index (χ3v) is 3.83. The van der Waals surface area contributed by atoms with Crippen LogP contribution in [0.2, 0.25) is 0 Å². The van der Waals surface area contributed by atoms with E-state index in [1.807, 2.05) is 6.07 Å². The molecular formula is C17H17NO2. The first-order valence-electron chi connectivity index (χ1n) is 6.83. The molecule has 2 aromatic rings. The zero-order valence-electron chi connectivity index (χ0n) is 11.4. The van der Waals surface area contributed by atoms with E-state index in [1.165, 1.54) is 16.7 Å². The van der Waals surface area contributed by atoms with Gasteiger partial charge in [0.1, 0.15) is 0 Å². The highest BCUT2D eigenvalue weighted by Gasteiger charge is 2.22. The van der Waals surface area contributed by atoms with Crippen LogP contribution in [0.15, 0.2) is 42.5 Å². The molecule has 2 N–H and O–H groups in total. The molecule has 1 aliphatic carbocycles. The average Bonchev–Trinajstić information content (AvgIpc) is 2.82. The standard InChI is InChI=1S/C17H17NO2/c1-11-5-6-12-7-8-16(15(12)9-11)18-14-4-2-3-13(10-14)17(19)20/h2-6,9-10,16,18H,7-8H2,1H3,(H,19,20). The number of hydrogen-bond donors (Lipinski definition) is 2. The molecule has 0 aliphatic heterocycles. The number of hydrogen-bond acceptors (Lipinski definition) is 2. The number of fused-ring (bicyclic) bond motifs is 1. The second-order valence-corrected chi connectivity index (χ2v) is 5.32. The molecule has 0 heterocycles. The maximum Gasteiger partial charge on any atom is 0.335 e. The minimum Gasteiger partial charge on any atom is -0.478 e. The number of carbonyl (C=O) groups is 1. The van der Waals surface area contributed by atoms with Gasteiger partial charge in [0.05, 0.1) is 11.6 Å². The van der Waals surface area contributed by atoms with E-state index in [9.17, 15) is 4.79 Å². The molecule has 0 aromatic heterocycles. The first kappa shape index (κ1) is 12.7. The van der Waals surface area contributed by atoms with E-state index in [1.54, 1.807) is 18.2 Å². The van der Waals surface area contributed by atoms with E-state index in [4.69, 9.17) is 5.11 Å². The van der Waals surface area contributed by atoms with Gasteiger partial charge < -0.3 is 10.4 Å². The number of aryl methyl sites for hydroxylation is 2. The molecule has 1 unspecified atom stereocenters. The van der Waals surface area contributed by atoms with Crippen LogP contribution in [0.5, 0.6) is 0 Å². The molecule has 20 heavy (non-hydrogen) atoms. The molecule has 102 valence electrons. The van der Waals surface area contributed by atoms with E-state index in [-0.39, 0.29) is 6.04 Å². The van der Waals surface area contributed by atoms with Crippen LogP contribution in [0.3, 0.4) is 0 Å². The molecule has 0 spiro atoms. The molecule has 2 aromatic carbocycles. The Morgan fingerprint density at radius 1 is 1.25 bits per heavy atom. The zero-order chi connectivity index (χ0) is 14.1. The summed E-state index contributed by atoms with van der Waals surface area (Å²) in [7, 11) is 0. The molecule has 0 amide bonds. The summed E-state index contributed by atoms with van der Waals surface area (Å²) >= 11 is 0. The summed E-state index contributed by atoms with van der Waals surface area (Å²) in [4.78, 5) is 11.0. The van der Waals surface area contributed by atoms with Gasteiger partial charge in [-0.2, -0.15) is 0 Å². The summed E-state index contributed by atoms with van der Waals surface area (Å²) in [6, 6.07) is 13.8. The number of nitrogens with one attached hydrogen (secondary N) is 1. The van der Waals surface area contributed by atoms with Gasteiger partial charge in [-0.25, -0.2) is 4.79 Å². The fraction of sp³-hybridized carbons (Fsp3) is 0.235. The maximum absolute atomic E-state index is 11.0. The van der Waals surface area contributed by atoms with E-state index in [0.29, 0.717) is 5.56 Å². The number of rotatable bonds is 3. The third-order valence-electron chi connectivity index (χ3n) is 3.83. The van der Waals surface area contributed by atoms with Gasteiger partial charge in [-0.3, -0.25) is 0 Å². The predicted molar refractivity (Wildman–Crippen MR) is 79.3 cm³/mol. The summed E-state index contributed by atoms with van der Waals surface area (Å²) in [5.74, 6) is -0.892. The fourth-order valence-corrected chi connectivity index (χ4v) is 2.81. The highest BCUT2D eigenvalue weighted by Crippen LogP contribution is 2.34. The van der Waals surface area contributed by atoms with Crippen molar-refractivity contribution in [3.8, 4) is 0 Å². The Morgan fingerprint density at radius 2 is 2.10 bits per heavy atom. The van der Waals surface area contributed by atoms with Gasteiger partial charge in [0, 0.05) is 5.69 Å². The van der Waals surface area contributed by atoms with Crippen LogP contribution >= 0.6 is 0 Å². The first-order chi connectivity index (χ1) is 9.63. The molecule has 1 aliphatic rings. The van der Waals surface area contributed by atoms with E-state index >= 15 is 0 Å². The molecule has 3 nitrogen and oxygen atoms in total. The second kappa shape index (κ2) is 5.00. The molecule has 0 saturated carbocycles. The van der Waals surface area contributed by atoms with Crippen LogP contribution in [0, 0.1) is 6.92 Å². The van der Waals surface area contributed by atoms with Crippen molar-refractivity contribution in [3.05, 3.63) is 64.7 Å². The van der Waals surface area contributed by atoms with Crippen molar-refractivity contribution in [2.45, 2.75) is 25.8 Å². The average molecular weight is 267 g/mol. The lowest BCUT2D eigenvalue weighted by atomic mass is 10.0. The summed E-state index contributed by atoms with van der Waals surface area (Å²) in [5.41, 5.74) is 5.17. The van der Waals surface area contributed by atoms with Crippen molar-refractivity contribution in [3.63, 3.8) is 0 Å². The summed E-state index contributed by atoms with van der Waals surface area (Å²) in [6.07, 6.45) is 2.13. The quantitative estimate of drug-likeness (QED) is 0.889. The number of benzene rings is 2. The van der Waals surface area contributed by atoms with Crippen LogP contribution in [0.1, 0.15) is 39.5 Å². The molecule has 0 radical (unpaired) electrons. The minimum absolute atomic E-state index is 0.272. The monoisotopic (exact) mass is 267 g/mol. The molecule has 1 atom stereocenters. The Bertz CT molecular complexity index is 664. The van der Waals surface area contributed by atoms with Gasteiger partial charge >= 0.3 is 5.97 Å². The first-order valence-corrected chi connectivity index (χ1v) is 6.83. The van der Waals surface area contributed by atoms with E-state index < -0.39 is 5.97 Å². The van der Waals surface area contributed by atoms with Gasteiger partial charge in [-0.1, -0.05) is 29.8 Å². The minimum atomic E-state index is -0.892. The maximum atomic E-state index is 11.0. The lowest BCUT2D eigenvalue weighted by Crippen LogP contribution is -2.08. The molecule has 0 bridgehead atoms. The Labute approximate surface area is 118 Å². The largest absolute Gasteiger partial charge is 0.478 e. The van der Waals surface area contributed by atoms with Gasteiger partial charge in [-0.05, 0) is 49.1 Å². The predicted octanol–water partition coefficient (Wildman–Crippen LogP) is 3.79. The number of carboxylic acid groups (broad SMARTS) is 1. The molecule has 3 heteroatoms. The number of carboxylic acids is 1. The van der Waals surface area contributed by atoms with Gasteiger partial charge in [0.2, 0.25) is 0 Å². The third kappa shape index (κ3) is 2.39. The molecule has 0 fully saturated rings. The van der Waals surface area contributed by atoms with Crippen LogP contribution in [-0.4, -0.2) is 11.1 Å². The normalized spacial score (nSPS) is 16.8. The van der Waals surface area contributed by atoms with Crippen LogP contribution in [-0.2, 0) is 6.42 Å². The lowest BCUT2D eigenvalue weighted by Gasteiger charge is -2.16. The highest BCUT2D eigenvalue weighted by atomic mass is 16.4. The summed E-state index contributed by atoms with van der Waals surface area (Å²) in [6.45, 7) is 2.10. The van der Waals surface area contributed by atoms with Crippen molar-refractivity contribution in [2.75, 3.05) is 5.32 Å². The Hall–Kier alpha value is -2.29. The van der Waals surface area contributed by atoms with Crippen molar-refractivity contribution in [1.29, 1.82) is 0 Å². The van der Waals surface area contributed by atoms with Crippen LogP contribution < -0.4 is 5.32 Å². The van der Waals surface area contributed by atoms with Gasteiger partial charge in [0.25, 0.3) is 0 Å². The van der Waals surface area contributed by atoms with Crippen LogP contribution in [0.25, 0.3) is 0 Å². The van der Waals surface area contributed by atoms with Crippen molar-refractivity contribution in [2.24, 2.45) is 0 Å². The highest BCUT2D eigenvalue weighted by molar-refractivity contribution is 5.88. The smallest absolute Gasteiger partial charge is 0.335 e. The number of aromatic carboxylic acids is 1. The van der Waals surface area contributed by atoms with E-state index in [2.05, 4.69) is 30.4 Å². The van der Waals surface area contributed by atoms with E-state index in [0.717, 1.165) is 18.5 Å². The lowest BCUT2D eigenvalue weighted by molar-refractivity contribution is 0.0697. The van der Waals surface area contributed by atoms with Crippen molar-refractivity contribution < 1.29 is 9.90 Å². The molecular weight excluding hydrogens is 250 g/mol. The summed E-state index contributed by atoms with van der Waals surface area (Å²) in [5, 5.41) is 12.5. The molecule has 0 saturated heterocycles. The van der Waals surface area contributed by atoms with Crippen molar-refractivity contribution in [1.82, 2.24) is 0 Å². The second-order valence-electron chi connectivity index (χ2n) is 5.32. The SMILES string of the molecule is Cc1ccc2c(c1)C(Nc1cccc(C(=O)O)c1)CC2. The van der Waals surface area contributed by atoms with Gasteiger partial charge in [0.15, 0.2) is 0 Å². The Morgan fingerprint density at radius 3 is 2.90 bits per heavy atom. The topological polar surface area (TPSA) is 49.3 Å². The Balaban J connectivity index is 1.85. The Kier molecular flexibility index (Phi) is 3.18. The fourth-order valence-electron chi connectivity index (χ4n) is 2.81. The number of anilines is 1. The van der Waals surface area contributed by atoms with Crippen molar-refractivity contribution >= 4 is 11.7 Å². The zero-order valence-corrected chi connectivity index (χ0v) is 11.4.